The third-order valence-electron chi connectivity index (χ3n) is 7.59. The number of carbonyl (C=O) groups is 2. The van der Waals surface area contributed by atoms with Crippen molar-refractivity contribution in [1.29, 1.82) is 0 Å². The van der Waals surface area contributed by atoms with Gasteiger partial charge in [-0.15, -0.1) is 0 Å². The SMILES string of the molecule is CC1(C(=O)N2CC[C@]3(CN(Cc4ccccc4)C(=O)O3)C2)CCN(Cc2ccccc2)CC1. The summed E-state index contributed by atoms with van der Waals surface area (Å²) in [5.41, 5.74) is 1.50. The zero-order valence-electron chi connectivity index (χ0n) is 19.4. The second-order valence-electron chi connectivity index (χ2n) is 10.2. The van der Waals surface area contributed by atoms with Gasteiger partial charge in [0, 0.05) is 31.5 Å². The summed E-state index contributed by atoms with van der Waals surface area (Å²) in [6.45, 7) is 7.16. The number of likely N-dealkylation sites (tertiary alicyclic amines) is 2. The summed E-state index contributed by atoms with van der Waals surface area (Å²) in [6, 6.07) is 20.5. The van der Waals surface area contributed by atoms with E-state index in [0.29, 0.717) is 32.6 Å². The number of ether oxygens (including phenoxy) is 1. The van der Waals surface area contributed by atoms with Crippen molar-refractivity contribution in [2.24, 2.45) is 5.41 Å². The fraction of sp³-hybridized carbons (Fsp3) is 0.481. The Bertz CT molecular complexity index is 988. The second-order valence-corrected chi connectivity index (χ2v) is 10.2. The lowest BCUT2D eigenvalue weighted by molar-refractivity contribution is -0.143. The standard InChI is InChI=1S/C27H33N3O3/c1-26(12-15-28(16-13-26)18-22-8-4-2-5-9-22)24(31)29-17-14-27(20-29)21-30(25(32)33-27)19-23-10-6-3-7-11-23/h2-11H,12-21H2,1H3/t27-/m1/s1. The van der Waals surface area contributed by atoms with Crippen LogP contribution in [0.15, 0.2) is 60.7 Å². The molecule has 2 amide bonds. The van der Waals surface area contributed by atoms with E-state index in [-0.39, 0.29) is 17.4 Å². The summed E-state index contributed by atoms with van der Waals surface area (Å²) in [6.07, 6.45) is 2.17. The molecule has 3 fully saturated rings. The van der Waals surface area contributed by atoms with Crippen molar-refractivity contribution in [2.45, 2.75) is 44.9 Å². The largest absolute Gasteiger partial charge is 0.439 e. The Labute approximate surface area is 196 Å². The van der Waals surface area contributed by atoms with Gasteiger partial charge in [0.15, 0.2) is 5.60 Å². The highest BCUT2D eigenvalue weighted by Gasteiger charge is 2.52. The Balaban J connectivity index is 1.17. The zero-order valence-corrected chi connectivity index (χ0v) is 19.4. The fourth-order valence-corrected chi connectivity index (χ4v) is 5.49. The van der Waals surface area contributed by atoms with Crippen molar-refractivity contribution in [1.82, 2.24) is 14.7 Å². The first-order valence-electron chi connectivity index (χ1n) is 12.0. The lowest BCUT2D eigenvalue weighted by Gasteiger charge is -2.40. The number of rotatable bonds is 5. The third kappa shape index (κ3) is 4.62. The second kappa shape index (κ2) is 8.82. The topological polar surface area (TPSA) is 53.1 Å². The third-order valence-corrected chi connectivity index (χ3v) is 7.59. The molecule has 0 bridgehead atoms. The lowest BCUT2D eigenvalue weighted by atomic mass is 9.79. The van der Waals surface area contributed by atoms with Crippen molar-refractivity contribution in [3.05, 3.63) is 71.8 Å². The lowest BCUT2D eigenvalue weighted by Crippen LogP contribution is -2.49. The van der Waals surface area contributed by atoms with Gasteiger partial charge in [-0.05, 0) is 37.1 Å². The average molecular weight is 448 g/mol. The Kier molecular flexibility index (Phi) is 5.87. The van der Waals surface area contributed by atoms with Crippen molar-refractivity contribution in [3.63, 3.8) is 0 Å². The van der Waals surface area contributed by atoms with Crippen molar-refractivity contribution < 1.29 is 14.3 Å². The van der Waals surface area contributed by atoms with Gasteiger partial charge in [-0.25, -0.2) is 4.79 Å². The number of carbonyl (C=O) groups excluding carboxylic acids is 2. The maximum absolute atomic E-state index is 13.5. The average Bonchev–Trinajstić information content (AvgIpc) is 3.38. The van der Waals surface area contributed by atoms with Gasteiger partial charge >= 0.3 is 6.09 Å². The van der Waals surface area contributed by atoms with E-state index in [1.165, 1.54) is 5.56 Å². The van der Waals surface area contributed by atoms with Gasteiger partial charge in [-0.2, -0.15) is 0 Å². The van der Waals surface area contributed by atoms with E-state index in [9.17, 15) is 9.59 Å². The normalized spacial score (nSPS) is 24.9. The molecule has 0 unspecified atom stereocenters. The minimum Gasteiger partial charge on any atom is -0.439 e. The molecule has 3 saturated heterocycles. The minimum atomic E-state index is -0.564. The molecule has 0 aliphatic carbocycles. The molecule has 3 heterocycles. The van der Waals surface area contributed by atoms with Crippen LogP contribution >= 0.6 is 0 Å². The minimum absolute atomic E-state index is 0.219. The Morgan fingerprint density at radius 1 is 0.848 bits per heavy atom. The summed E-state index contributed by atoms with van der Waals surface area (Å²) in [5, 5.41) is 0. The highest BCUT2D eigenvalue weighted by molar-refractivity contribution is 5.83. The molecule has 0 saturated carbocycles. The summed E-state index contributed by atoms with van der Waals surface area (Å²) in [5.74, 6) is 0.219. The van der Waals surface area contributed by atoms with E-state index < -0.39 is 5.60 Å². The van der Waals surface area contributed by atoms with Crippen LogP contribution in [0.4, 0.5) is 4.79 Å². The predicted molar refractivity (Wildman–Crippen MR) is 126 cm³/mol. The molecule has 33 heavy (non-hydrogen) atoms. The number of hydrogen-bond acceptors (Lipinski definition) is 4. The van der Waals surface area contributed by atoms with Crippen LogP contribution in [0, 0.1) is 5.41 Å². The molecule has 5 rings (SSSR count). The van der Waals surface area contributed by atoms with Crippen LogP contribution < -0.4 is 0 Å². The smallest absolute Gasteiger partial charge is 0.410 e. The van der Waals surface area contributed by atoms with E-state index in [4.69, 9.17) is 4.74 Å². The van der Waals surface area contributed by atoms with E-state index in [2.05, 4.69) is 36.1 Å². The molecule has 0 N–H and O–H groups in total. The molecule has 6 heteroatoms. The fourth-order valence-electron chi connectivity index (χ4n) is 5.49. The maximum atomic E-state index is 13.5. The molecule has 3 aliphatic heterocycles. The molecule has 2 aromatic rings. The first-order chi connectivity index (χ1) is 15.9. The highest BCUT2D eigenvalue weighted by Crippen LogP contribution is 2.38. The summed E-state index contributed by atoms with van der Waals surface area (Å²) in [4.78, 5) is 32.3. The number of nitrogens with zero attached hydrogens (tertiary/aromatic N) is 3. The van der Waals surface area contributed by atoms with E-state index in [1.54, 1.807) is 4.90 Å². The Hall–Kier alpha value is -2.86. The predicted octanol–water partition coefficient (Wildman–Crippen LogP) is 3.91. The van der Waals surface area contributed by atoms with Gasteiger partial charge in [0.05, 0.1) is 13.1 Å². The molecule has 1 spiro atoms. The molecule has 2 aromatic carbocycles. The van der Waals surface area contributed by atoms with E-state index in [0.717, 1.165) is 38.0 Å². The van der Waals surface area contributed by atoms with Crippen molar-refractivity contribution >= 4 is 12.0 Å². The molecule has 3 aliphatic rings. The Morgan fingerprint density at radius 3 is 2.09 bits per heavy atom. The highest BCUT2D eigenvalue weighted by atomic mass is 16.6. The van der Waals surface area contributed by atoms with E-state index in [1.807, 2.05) is 41.3 Å². The molecular formula is C27H33N3O3. The number of amides is 2. The first kappa shape index (κ1) is 22.0. The van der Waals surface area contributed by atoms with Crippen LogP contribution in [0.1, 0.15) is 37.3 Å². The number of hydrogen-bond donors (Lipinski definition) is 0. The molecule has 0 radical (unpaired) electrons. The van der Waals surface area contributed by atoms with Crippen LogP contribution in [0.5, 0.6) is 0 Å². The van der Waals surface area contributed by atoms with Crippen molar-refractivity contribution in [2.75, 3.05) is 32.7 Å². The van der Waals surface area contributed by atoms with Crippen LogP contribution in [-0.4, -0.2) is 65.0 Å². The maximum Gasteiger partial charge on any atom is 0.410 e. The monoisotopic (exact) mass is 447 g/mol. The molecule has 1 atom stereocenters. The van der Waals surface area contributed by atoms with Gasteiger partial charge in [0.2, 0.25) is 5.91 Å². The summed E-state index contributed by atoms with van der Waals surface area (Å²) < 4.78 is 5.86. The molecule has 0 aromatic heterocycles. The number of benzene rings is 2. The van der Waals surface area contributed by atoms with Crippen LogP contribution in [0.2, 0.25) is 0 Å². The number of piperidine rings is 1. The molecule has 6 nitrogen and oxygen atoms in total. The molecular weight excluding hydrogens is 414 g/mol. The van der Waals surface area contributed by atoms with Gasteiger partial charge < -0.3 is 9.64 Å². The first-order valence-corrected chi connectivity index (χ1v) is 12.0. The summed E-state index contributed by atoms with van der Waals surface area (Å²) >= 11 is 0. The van der Waals surface area contributed by atoms with Crippen LogP contribution in [-0.2, 0) is 22.6 Å². The van der Waals surface area contributed by atoms with Gasteiger partial charge in [0.1, 0.15) is 0 Å². The molecule has 174 valence electrons. The van der Waals surface area contributed by atoms with Crippen molar-refractivity contribution in [3.8, 4) is 0 Å². The summed E-state index contributed by atoms with van der Waals surface area (Å²) in [7, 11) is 0. The zero-order chi connectivity index (χ0) is 22.9. The van der Waals surface area contributed by atoms with Gasteiger partial charge in [-0.1, -0.05) is 67.6 Å². The van der Waals surface area contributed by atoms with E-state index >= 15 is 0 Å². The van der Waals surface area contributed by atoms with Crippen LogP contribution in [0.3, 0.4) is 0 Å². The van der Waals surface area contributed by atoms with Gasteiger partial charge in [0.25, 0.3) is 0 Å². The van der Waals surface area contributed by atoms with Crippen LogP contribution in [0.25, 0.3) is 0 Å². The Morgan fingerprint density at radius 2 is 1.45 bits per heavy atom. The van der Waals surface area contributed by atoms with Gasteiger partial charge in [-0.3, -0.25) is 14.6 Å². The quantitative estimate of drug-likeness (QED) is 0.697.